The molecule has 0 N–H and O–H groups in total. The fraction of sp³-hybridized carbons (Fsp3) is 0.276. The van der Waals surface area contributed by atoms with Gasteiger partial charge in [-0.1, -0.05) is 69.6 Å². The summed E-state index contributed by atoms with van der Waals surface area (Å²) in [5.41, 5.74) is 5.15. The number of fused-ring (bicyclic) bond motifs is 1. The van der Waals surface area contributed by atoms with Crippen LogP contribution in [0.4, 0.5) is 0 Å². The summed E-state index contributed by atoms with van der Waals surface area (Å²) in [4.78, 5) is 32.2. The van der Waals surface area contributed by atoms with Crippen LogP contribution in [0, 0.1) is 5.41 Å². The number of thiazole rings is 1. The van der Waals surface area contributed by atoms with Gasteiger partial charge < -0.3 is 0 Å². The summed E-state index contributed by atoms with van der Waals surface area (Å²) in [6, 6.07) is 17.2. The molecule has 6 heteroatoms. The van der Waals surface area contributed by atoms with Crippen LogP contribution in [0.3, 0.4) is 0 Å². The lowest BCUT2D eigenvalue weighted by atomic mass is 9.75. The minimum absolute atomic E-state index is 0.0720. The standard InChI is InChI=1S/C29H27ClN2O2S/c1-17(2)20-7-5-6-8-24(20)32-25-14-29(3,4)15-26(33)21(25)13-22(28(32)34)27-31-23(16-35-27)18-9-11-19(30)12-10-18/h5-13,16-17H,14-15H2,1-4H3. The minimum atomic E-state index is -0.213. The number of rotatable bonds is 4. The van der Waals surface area contributed by atoms with Gasteiger partial charge in [0.05, 0.1) is 16.9 Å². The van der Waals surface area contributed by atoms with Crippen molar-refractivity contribution < 1.29 is 4.79 Å². The molecule has 0 fully saturated rings. The van der Waals surface area contributed by atoms with E-state index in [1.54, 1.807) is 10.6 Å². The molecule has 0 saturated heterocycles. The largest absolute Gasteiger partial charge is 0.294 e. The molecule has 2 aromatic heterocycles. The van der Waals surface area contributed by atoms with Crippen LogP contribution in [0.1, 0.15) is 61.6 Å². The van der Waals surface area contributed by atoms with Gasteiger partial charge in [-0.05, 0) is 47.6 Å². The number of carbonyl (C=O) groups excluding carboxylic acids is 1. The molecule has 0 aliphatic heterocycles. The van der Waals surface area contributed by atoms with E-state index in [2.05, 4.69) is 33.8 Å². The van der Waals surface area contributed by atoms with E-state index in [1.165, 1.54) is 11.3 Å². The molecule has 0 radical (unpaired) electrons. The van der Waals surface area contributed by atoms with Crippen LogP contribution < -0.4 is 5.56 Å². The zero-order valence-corrected chi connectivity index (χ0v) is 21.8. The van der Waals surface area contributed by atoms with Crippen molar-refractivity contribution in [3.63, 3.8) is 0 Å². The molecular weight excluding hydrogens is 476 g/mol. The highest BCUT2D eigenvalue weighted by Gasteiger charge is 2.35. The highest BCUT2D eigenvalue weighted by molar-refractivity contribution is 7.13. The Kier molecular flexibility index (Phi) is 6.02. The Morgan fingerprint density at radius 3 is 2.43 bits per heavy atom. The van der Waals surface area contributed by atoms with Crippen LogP contribution in [0.15, 0.2) is 64.8 Å². The second-order valence-electron chi connectivity index (χ2n) is 10.3. The summed E-state index contributed by atoms with van der Waals surface area (Å²) in [5.74, 6) is 0.295. The van der Waals surface area contributed by atoms with Gasteiger partial charge in [-0.2, -0.15) is 0 Å². The van der Waals surface area contributed by atoms with Gasteiger partial charge in [-0.3, -0.25) is 14.2 Å². The summed E-state index contributed by atoms with van der Waals surface area (Å²) in [5, 5.41) is 3.21. The van der Waals surface area contributed by atoms with Crippen molar-refractivity contribution in [2.75, 3.05) is 0 Å². The zero-order chi connectivity index (χ0) is 24.9. The number of hydrogen-bond donors (Lipinski definition) is 0. The Morgan fingerprint density at radius 2 is 1.71 bits per heavy atom. The second-order valence-corrected chi connectivity index (χ2v) is 11.6. The Balaban J connectivity index is 1.76. The number of carbonyl (C=O) groups is 1. The van der Waals surface area contributed by atoms with Crippen molar-refractivity contribution in [1.82, 2.24) is 9.55 Å². The minimum Gasteiger partial charge on any atom is -0.294 e. The average Bonchev–Trinajstić information content (AvgIpc) is 3.28. The van der Waals surface area contributed by atoms with Gasteiger partial charge in [0.25, 0.3) is 5.56 Å². The van der Waals surface area contributed by atoms with Gasteiger partial charge in [0, 0.05) is 33.6 Å². The van der Waals surface area contributed by atoms with Crippen molar-refractivity contribution in [2.24, 2.45) is 5.41 Å². The van der Waals surface area contributed by atoms with Gasteiger partial charge in [-0.15, -0.1) is 11.3 Å². The van der Waals surface area contributed by atoms with Crippen LogP contribution in [0.25, 0.3) is 27.5 Å². The number of para-hydroxylation sites is 1. The molecule has 35 heavy (non-hydrogen) atoms. The molecule has 2 heterocycles. The molecule has 0 unspecified atom stereocenters. The molecule has 4 nitrogen and oxygen atoms in total. The van der Waals surface area contributed by atoms with E-state index in [4.69, 9.17) is 16.6 Å². The SMILES string of the molecule is CC(C)c1ccccc1-n1c2c(cc(-c3nc(-c4ccc(Cl)cc4)cs3)c1=O)C(=O)CC(C)(C)C2. The topological polar surface area (TPSA) is 52.0 Å². The molecule has 0 atom stereocenters. The molecule has 5 rings (SSSR count). The smallest absolute Gasteiger partial charge is 0.265 e. The van der Waals surface area contributed by atoms with Crippen molar-refractivity contribution >= 4 is 28.7 Å². The summed E-state index contributed by atoms with van der Waals surface area (Å²) >= 11 is 7.45. The highest BCUT2D eigenvalue weighted by atomic mass is 35.5. The molecule has 1 aliphatic rings. The Labute approximate surface area is 214 Å². The van der Waals surface area contributed by atoms with E-state index in [9.17, 15) is 9.59 Å². The first-order valence-electron chi connectivity index (χ1n) is 11.8. The molecule has 178 valence electrons. The van der Waals surface area contributed by atoms with Gasteiger partial charge in [0.1, 0.15) is 5.01 Å². The van der Waals surface area contributed by atoms with E-state index in [0.29, 0.717) is 34.0 Å². The van der Waals surface area contributed by atoms with Crippen LogP contribution in [-0.4, -0.2) is 15.3 Å². The third-order valence-corrected chi connectivity index (χ3v) is 7.69. The molecule has 2 aromatic carbocycles. The zero-order valence-electron chi connectivity index (χ0n) is 20.3. The first-order chi connectivity index (χ1) is 16.6. The maximum Gasteiger partial charge on any atom is 0.265 e. The van der Waals surface area contributed by atoms with Crippen LogP contribution in [0.5, 0.6) is 0 Å². The third kappa shape index (κ3) is 4.39. The Morgan fingerprint density at radius 1 is 1.00 bits per heavy atom. The van der Waals surface area contributed by atoms with Crippen LogP contribution in [-0.2, 0) is 6.42 Å². The lowest BCUT2D eigenvalue weighted by Crippen LogP contribution is -2.35. The van der Waals surface area contributed by atoms with E-state index in [0.717, 1.165) is 28.2 Å². The molecular formula is C29H27ClN2O2S. The van der Waals surface area contributed by atoms with E-state index in [1.807, 2.05) is 47.8 Å². The molecule has 0 bridgehead atoms. The average molecular weight is 503 g/mol. The monoisotopic (exact) mass is 502 g/mol. The van der Waals surface area contributed by atoms with Crippen molar-refractivity contribution in [3.05, 3.63) is 92.2 Å². The number of hydrogen-bond acceptors (Lipinski definition) is 4. The number of halogens is 1. The van der Waals surface area contributed by atoms with E-state index >= 15 is 0 Å². The first-order valence-corrected chi connectivity index (χ1v) is 13.0. The number of ketones is 1. The fourth-order valence-corrected chi connectivity index (χ4v) is 5.81. The lowest BCUT2D eigenvalue weighted by molar-refractivity contribution is 0.0909. The molecule has 4 aromatic rings. The quantitative estimate of drug-likeness (QED) is 0.289. The van der Waals surface area contributed by atoms with Crippen molar-refractivity contribution in [3.8, 4) is 27.5 Å². The van der Waals surface area contributed by atoms with Gasteiger partial charge in [0.15, 0.2) is 5.78 Å². The van der Waals surface area contributed by atoms with E-state index in [-0.39, 0.29) is 22.7 Å². The summed E-state index contributed by atoms with van der Waals surface area (Å²) < 4.78 is 1.78. The summed E-state index contributed by atoms with van der Waals surface area (Å²) in [6.07, 6.45) is 1.11. The number of pyridine rings is 1. The molecule has 0 spiro atoms. The molecule has 0 saturated carbocycles. The van der Waals surface area contributed by atoms with Gasteiger partial charge in [0.2, 0.25) is 0 Å². The number of Topliss-reactive ketones (excluding diaryl/α,β-unsaturated/α-hetero) is 1. The highest BCUT2D eigenvalue weighted by Crippen LogP contribution is 2.38. The second kappa shape index (κ2) is 8.89. The summed E-state index contributed by atoms with van der Waals surface area (Å²) in [6.45, 7) is 8.41. The first kappa shape index (κ1) is 23.7. The maximum absolute atomic E-state index is 14.1. The predicted molar refractivity (Wildman–Crippen MR) is 144 cm³/mol. The number of aromatic nitrogens is 2. The van der Waals surface area contributed by atoms with Crippen LogP contribution >= 0.6 is 22.9 Å². The van der Waals surface area contributed by atoms with Crippen molar-refractivity contribution in [1.29, 1.82) is 0 Å². The molecule has 1 aliphatic carbocycles. The third-order valence-electron chi connectivity index (χ3n) is 6.56. The normalized spacial score (nSPS) is 14.9. The lowest BCUT2D eigenvalue weighted by Gasteiger charge is -2.33. The fourth-order valence-electron chi connectivity index (χ4n) is 4.85. The van der Waals surface area contributed by atoms with Gasteiger partial charge >= 0.3 is 0 Å². The number of benzene rings is 2. The predicted octanol–water partition coefficient (Wildman–Crippen LogP) is 7.56. The van der Waals surface area contributed by atoms with E-state index < -0.39 is 0 Å². The molecule has 0 amide bonds. The van der Waals surface area contributed by atoms with Crippen LogP contribution in [0.2, 0.25) is 5.02 Å². The number of nitrogens with zero attached hydrogens (tertiary/aromatic N) is 2. The Hall–Kier alpha value is -3.02. The van der Waals surface area contributed by atoms with Crippen molar-refractivity contribution in [2.45, 2.75) is 46.5 Å². The van der Waals surface area contributed by atoms with Gasteiger partial charge in [-0.25, -0.2) is 4.98 Å². The Bertz CT molecular complexity index is 1500. The summed E-state index contributed by atoms with van der Waals surface area (Å²) in [7, 11) is 0. The maximum atomic E-state index is 14.1.